The monoisotopic (exact) mass is 369 g/mol. The van der Waals surface area contributed by atoms with Gasteiger partial charge in [0.15, 0.2) is 0 Å². The standard InChI is InChI=1S/C14H13Br2NO/c1-18-13-7-6-9(8-12(13)16)14(17)10-4-2-3-5-11(10)15/h2-8,14H,17H2,1H3. The van der Waals surface area contributed by atoms with Gasteiger partial charge >= 0.3 is 0 Å². The predicted octanol–water partition coefficient (Wildman–Crippen LogP) is 4.27. The molecule has 0 aliphatic carbocycles. The van der Waals surface area contributed by atoms with Crippen molar-refractivity contribution in [2.24, 2.45) is 5.73 Å². The van der Waals surface area contributed by atoms with Crippen LogP contribution in [0, 0.1) is 0 Å². The minimum atomic E-state index is -0.164. The van der Waals surface area contributed by atoms with E-state index in [-0.39, 0.29) is 6.04 Å². The zero-order chi connectivity index (χ0) is 13.1. The Kier molecular flexibility index (Phi) is 4.43. The molecular weight excluding hydrogens is 358 g/mol. The van der Waals surface area contributed by atoms with E-state index in [4.69, 9.17) is 10.5 Å². The zero-order valence-corrected chi connectivity index (χ0v) is 13.0. The summed E-state index contributed by atoms with van der Waals surface area (Å²) in [6.45, 7) is 0. The van der Waals surface area contributed by atoms with E-state index in [1.807, 2.05) is 42.5 Å². The van der Waals surface area contributed by atoms with Crippen molar-refractivity contribution in [2.75, 3.05) is 7.11 Å². The number of nitrogens with two attached hydrogens (primary N) is 1. The maximum absolute atomic E-state index is 6.29. The number of rotatable bonds is 3. The summed E-state index contributed by atoms with van der Waals surface area (Å²) in [5, 5.41) is 0. The molecular formula is C14H13Br2NO. The van der Waals surface area contributed by atoms with Crippen LogP contribution in [0.5, 0.6) is 5.75 Å². The largest absolute Gasteiger partial charge is 0.496 e. The quantitative estimate of drug-likeness (QED) is 0.875. The first-order valence-electron chi connectivity index (χ1n) is 5.47. The molecule has 2 N–H and O–H groups in total. The fourth-order valence-corrected chi connectivity index (χ4v) is 2.87. The number of benzene rings is 2. The van der Waals surface area contributed by atoms with E-state index in [9.17, 15) is 0 Å². The van der Waals surface area contributed by atoms with Gasteiger partial charge in [0.2, 0.25) is 0 Å². The van der Waals surface area contributed by atoms with Gasteiger partial charge < -0.3 is 10.5 Å². The van der Waals surface area contributed by atoms with Crippen LogP contribution in [0.15, 0.2) is 51.4 Å². The lowest BCUT2D eigenvalue weighted by molar-refractivity contribution is 0.412. The number of hydrogen-bond acceptors (Lipinski definition) is 2. The van der Waals surface area contributed by atoms with Crippen LogP contribution >= 0.6 is 31.9 Å². The van der Waals surface area contributed by atoms with Gasteiger partial charge in [-0.2, -0.15) is 0 Å². The van der Waals surface area contributed by atoms with Crippen LogP contribution in [0.4, 0.5) is 0 Å². The molecule has 1 unspecified atom stereocenters. The summed E-state index contributed by atoms with van der Waals surface area (Å²) in [6, 6.07) is 13.7. The fraction of sp³-hybridized carbons (Fsp3) is 0.143. The van der Waals surface area contributed by atoms with Crippen molar-refractivity contribution < 1.29 is 4.74 Å². The Bertz CT molecular complexity index is 557. The molecule has 2 aromatic rings. The van der Waals surface area contributed by atoms with E-state index in [0.29, 0.717) is 0 Å². The first-order chi connectivity index (χ1) is 8.63. The summed E-state index contributed by atoms with van der Waals surface area (Å²) in [5.74, 6) is 0.804. The van der Waals surface area contributed by atoms with Crippen molar-refractivity contribution in [3.05, 3.63) is 62.5 Å². The van der Waals surface area contributed by atoms with E-state index in [1.54, 1.807) is 7.11 Å². The Balaban J connectivity index is 2.37. The van der Waals surface area contributed by atoms with E-state index >= 15 is 0 Å². The molecule has 0 amide bonds. The topological polar surface area (TPSA) is 35.2 Å². The van der Waals surface area contributed by atoms with Crippen LogP contribution in [0.2, 0.25) is 0 Å². The smallest absolute Gasteiger partial charge is 0.133 e. The molecule has 4 heteroatoms. The molecule has 0 spiro atoms. The second-order valence-corrected chi connectivity index (χ2v) is 5.60. The third kappa shape index (κ3) is 2.76. The molecule has 0 bridgehead atoms. The van der Waals surface area contributed by atoms with Gasteiger partial charge in [-0.3, -0.25) is 0 Å². The van der Waals surface area contributed by atoms with E-state index < -0.39 is 0 Å². The van der Waals surface area contributed by atoms with Crippen molar-refractivity contribution in [1.82, 2.24) is 0 Å². The second kappa shape index (κ2) is 5.87. The molecule has 0 aliphatic heterocycles. The van der Waals surface area contributed by atoms with Crippen molar-refractivity contribution in [3.63, 3.8) is 0 Å². The SMILES string of the molecule is COc1ccc(C(N)c2ccccc2Br)cc1Br. The van der Waals surface area contributed by atoms with Crippen molar-refractivity contribution in [2.45, 2.75) is 6.04 Å². The number of methoxy groups -OCH3 is 1. The summed E-state index contributed by atoms with van der Waals surface area (Å²) in [6.07, 6.45) is 0. The fourth-order valence-electron chi connectivity index (χ4n) is 1.78. The van der Waals surface area contributed by atoms with Crippen molar-refractivity contribution >= 4 is 31.9 Å². The molecule has 0 radical (unpaired) electrons. The highest BCUT2D eigenvalue weighted by molar-refractivity contribution is 9.10. The average Bonchev–Trinajstić information content (AvgIpc) is 2.38. The average molecular weight is 371 g/mol. The lowest BCUT2D eigenvalue weighted by Crippen LogP contribution is -2.12. The van der Waals surface area contributed by atoms with Gasteiger partial charge in [-0.15, -0.1) is 0 Å². The van der Waals surface area contributed by atoms with Gasteiger partial charge in [0.25, 0.3) is 0 Å². The molecule has 18 heavy (non-hydrogen) atoms. The Morgan fingerprint density at radius 2 is 1.78 bits per heavy atom. The summed E-state index contributed by atoms with van der Waals surface area (Å²) in [7, 11) is 1.65. The Morgan fingerprint density at radius 3 is 2.39 bits per heavy atom. The first kappa shape index (κ1) is 13.6. The Morgan fingerprint density at radius 1 is 1.06 bits per heavy atom. The number of halogens is 2. The van der Waals surface area contributed by atoms with Gasteiger partial charge in [-0.25, -0.2) is 0 Å². The van der Waals surface area contributed by atoms with Crippen LogP contribution in [-0.4, -0.2) is 7.11 Å². The third-order valence-corrected chi connectivity index (χ3v) is 4.12. The highest BCUT2D eigenvalue weighted by atomic mass is 79.9. The summed E-state index contributed by atoms with van der Waals surface area (Å²) >= 11 is 7.00. The van der Waals surface area contributed by atoms with Gasteiger partial charge in [0.05, 0.1) is 17.6 Å². The predicted molar refractivity (Wildman–Crippen MR) is 80.9 cm³/mol. The highest BCUT2D eigenvalue weighted by Crippen LogP contribution is 2.31. The normalized spacial score (nSPS) is 12.2. The van der Waals surface area contributed by atoms with Crippen LogP contribution in [0.3, 0.4) is 0 Å². The summed E-state index contributed by atoms with van der Waals surface area (Å²) in [4.78, 5) is 0. The minimum absolute atomic E-state index is 0.164. The van der Waals surface area contributed by atoms with E-state index in [2.05, 4.69) is 31.9 Å². The first-order valence-corrected chi connectivity index (χ1v) is 7.05. The lowest BCUT2D eigenvalue weighted by atomic mass is 10.00. The van der Waals surface area contributed by atoms with Gasteiger partial charge in [0.1, 0.15) is 5.75 Å². The number of ether oxygens (including phenoxy) is 1. The molecule has 1 atom stereocenters. The minimum Gasteiger partial charge on any atom is -0.496 e. The molecule has 0 saturated carbocycles. The Hall–Kier alpha value is -0.840. The molecule has 2 nitrogen and oxygen atoms in total. The Labute approximate surface area is 123 Å². The zero-order valence-electron chi connectivity index (χ0n) is 9.86. The molecule has 0 fully saturated rings. The lowest BCUT2D eigenvalue weighted by Gasteiger charge is -2.15. The second-order valence-electron chi connectivity index (χ2n) is 3.89. The van der Waals surface area contributed by atoms with E-state index in [1.165, 1.54) is 0 Å². The molecule has 2 aromatic carbocycles. The molecule has 2 rings (SSSR count). The van der Waals surface area contributed by atoms with Gasteiger partial charge in [0, 0.05) is 4.47 Å². The molecule has 0 aromatic heterocycles. The van der Waals surface area contributed by atoms with Crippen LogP contribution in [0.1, 0.15) is 17.2 Å². The number of hydrogen-bond donors (Lipinski definition) is 1. The summed E-state index contributed by atoms with van der Waals surface area (Å²) < 4.78 is 7.14. The third-order valence-electron chi connectivity index (χ3n) is 2.78. The maximum atomic E-state index is 6.29. The van der Waals surface area contributed by atoms with E-state index in [0.717, 1.165) is 25.8 Å². The molecule has 94 valence electrons. The maximum Gasteiger partial charge on any atom is 0.133 e. The van der Waals surface area contributed by atoms with Crippen LogP contribution in [0.25, 0.3) is 0 Å². The molecule has 0 saturated heterocycles. The van der Waals surface area contributed by atoms with Crippen LogP contribution < -0.4 is 10.5 Å². The van der Waals surface area contributed by atoms with Crippen molar-refractivity contribution in [3.8, 4) is 5.75 Å². The molecule has 0 heterocycles. The highest BCUT2D eigenvalue weighted by Gasteiger charge is 2.13. The van der Waals surface area contributed by atoms with Gasteiger partial charge in [-0.05, 0) is 45.3 Å². The van der Waals surface area contributed by atoms with Crippen LogP contribution in [-0.2, 0) is 0 Å². The van der Waals surface area contributed by atoms with Crippen molar-refractivity contribution in [1.29, 1.82) is 0 Å². The summed E-state index contributed by atoms with van der Waals surface area (Å²) in [5.41, 5.74) is 8.39. The molecule has 0 aliphatic rings. The van der Waals surface area contributed by atoms with Gasteiger partial charge in [-0.1, -0.05) is 40.2 Å².